The Morgan fingerprint density at radius 2 is 1.65 bits per heavy atom. The second-order valence-corrected chi connectivity index (χ2v) is 9.44. The van der Waals surface area contributed by atoms with Gasteiger partial charge in [-0.2, -0.15) is 24.4 Å². The van der Waals surface area contributed by atoms with Gasteiger partial charge >= 0.3 is 5.97 Å². The van der Waals surface area contributed by atoms with Crippen molar-refractivity contribution in [2.45, 2.75) is 57.3 Å². The lowest BCUT2D eigenvalue weighted by Gasteiger charge is -2.28. The molecule has 0 spiro atoms. The predicted molar refractivity (Wildman–Crippen MR) is 138 cm³/mol. The lowest BCUT2D eigenvalue weighted by molar-refractivity contribution is -0.142. The molecule has 0 aliphatic rings. The first kappa shape index (κ1) is 29.8. The van der Waals surface area contributed by atoms with Crippen LogP contribution in [0.15, 0.2) is 30.3 Å². The summed E-state index contributed by atoms with van der Waals surface area (Å²) in [7, 11) is 0. The van der Waals surface area contributed by atoms with Gasteiger partial charge in [-0.05, 0) is 29.9 Å². The number of amides is 3. The summed E-state index contributed by atoms with van der Waals surface area (Å²) in [5.74, 6) is -2.36. The fourth-order valence-corrected chi connectivity index (χ4v) is 3.77. The van der Waals surface area contributed by atoms with Gasteiger partial charge in [-0.1, -0.05) is 50.6 Å². The maximum Gasteiger partial charge on any atom is 0.326 e. The minimum absolute atomic E-state index is 0.117. The summed E-state index contributed by atoms with van der Waals surface area (Å²) in [6.07, 6.45) is 2.86. The number of nitrogens with two attached hydrogens (primary N) is 1. The molecule has 0 aliphatic carbocycles. The monoisotopic (exact) mass is 512 g/mol. The fourth-order valence-electron chi connectivity index (χ4n) is 3.13. The average Bonchev–Trinajstić information content (AvgIpc) is 2.83. The van der Waals surface area contributed by atoms with Gasteiger partial charge in [0.2, 0.25) is 17.7 Å². The summed E-state index contributed by atoms with van der Waals surface area (Å²) >= 11 is 5.50. The number of benzene rings is 1. The van der Waals surface area contributed by atoms with Crippen molar-refractivity contribution < 1.29 is 24.3 Å². The molecule has 0 aromatic heterocycles. The summed E-state index contributed by atoms with van der Waals surface area (Å²) in [5, 5.41) is 17.4. The van der Waals surface area contributed by atoms with Crippen LogP contribution in [0.1, 0.15) is 32.3 Å². The van der Waals surface area contributed by atoms with Crippen LogP contribution in [0.4, 0.5) is 0 Å². The van der Waals surface area contributed by atoms with Crippen LogP contribution in [0.5, 0.6) is 0 Å². The Bertz CT molecular complexity index is 812. The van der Waals surface area contributed by atoms with Gasteiger partial charge in [0.15, 0.2) is 0 Å². The van der Waals surface area contributed by atoms with Crippen molar-refractivity contribution in [3.05, 3.63) is 35.9 Å². The summed E-state index contributed by atoms with van der Waals surface area (Å²) in [4.78, 5) is 50.2. The Hall–Kier alpha value is -2.24. The molecule has 1 aromatic rings. The Balaban J connectivity index is 3.11. The molecule has 0 radical (unpaired) electrons. The van der Waals surface area contributed by atoms with Gasteiger partial charge < -0.3 is 26.8 Å². The molecule has 0 saturated heterocycles. The third-order valence-electron chi connectivity index (χ3n) is 5.47. The SMILES string of the molecule is CC[C@H](C)[C@H](NC(=O)[C@@H](N)CS)C(=O)N[C@@H](Cc1ccccc1)C(=O)N[C@@H](CCSC)C(=O)O. The highest BCUT2D eigenvalue weighted by atomic mass is 32.2. The smallest absolute Gasteiger partial charge is 0.326 e. The van der Waals surface area contributed by atoms with E-state index in [4.69, 9.17) is 5.73 Å². The van der Waals surface area contributed by atoms with E-state index < -0.39 is 47.9 Å². The van der Waals surface area contributed by atoms with Gasteiger partial charge in [-0.3, -0.25) is 14.4 Å². The van der Waals surface area contributed by atoms with Crippen molar-refractivity contribution in [3.8, 4) is 0 Å². The molecule has 0 heterocycles. The number of carboxylic acids is 1. The minimum atomic E-state index is -1.14. The number of thiol groups is 1. The van der Waals surface area contributed by atoms with E-state index in [1.165, 1.54) is 11.8 Å². The number of thioether (sulfide) groups is 1. The number of aliphatic carboxylic acids is 1. The molecule has 0 unspecified atom stereocenters. The second-order valence-electron chi connectivity index (χ2n) is 8.09. The van der Waals surface area contributed by atoms with Gasteiger partial charge in [0, 0.05) is 12.2 Å². The maximum atomic E-state index is 13.2. The minimum Gasteiger partial charge on any atom is -0.480 e. The van der Waals surface area contributed by atoms with Crippen molar-refractivity contribution >= 4 is 48.1 Å². The molecule has 6 N–H and O–H groups in total. The van der Waals surface area contributed by atoms with Crippen LogP contribution >= 0.6 is 24.4 Å². The third-order valence-corrected chi connectivity index (χ3v) is 6.50. The number of carbonyl (C=O) groups excluding carboxylic acids is 3. The van der Waals surface area contributed by atoms with Gasteiger partial charge in [0.1, 0.15) is 18.1 Å². The second kappa shape index (κ2) is 15.6. The lowest BCUT2D eigenvalue weighted by Crippen LogP contribution is -2.59. The van der Waals surface area contributed by atoms with Crippen LogP contribution in [-0.4, -0.2) is 70.7 Å². The van der Waals surface area contributed by atoms with E-state index in [-0.39, 0.29) is 24.5 Å². The van der Waals surface area contributed by atoms with Gasteiger partial charge in [-0.15, -0.1) is 0 Å². The highest BCUT2D eigenvalue weighted by molar-refractivity contribution is 7.98. The van der Waals surface area contributed by atoms with Crippen molar-refractivity contribution in [1.29, 1.82) is 0 Å². The number of hydrogen-bond donors (Lipinski definition) is 6. The zero-order valence-electron chi connectivity index (χ0n) is 19.8. The third kappa shape index (κ3) is 9.94. The topological polar surface area (TPSA) is 151 Å². The lowest BCUT2D eigenvalue weighted by atomic mass is 9.96. The van der Waals surface area contributed by atoms with E-state index in [2.05, 4.69) is 28.6 Å². The Labute approximate surface area is 210 Å². The highest BCUT2D eigenvalue weighted by Gasteiger charge is 2.32. The van der Waals surface area contributed by atoms with Crippen LogP contribution in [0, 0.1) is 5.92 Å². The molecule has 0 saturated carbocycles. The number of nitrogens with one attached hydrogen (secondary N) is 3. The molecule has 3 amide bonds. The van der Waals surface area contributed by atoms with E-state index in [9.17, 15) is 24.3 Å². The van der Waals surface area contributed by atoms with Crippen molar-refractivity contribution in [1.82, 2.24) is 16.0 Å². The van der Waals surface area contributed by atoms with Crippen molar-refractivity contribution in [2.24, 2.45) is 11.7 Å². The predicted octanol–water partition coefficient (Wildman–Crippen LogP) is 0.824. The van der Waals surface area contributed by atoms with E-state index in [1.54, 1.807) is 0 Å². The Morgan fingerprint density at radius 1 is 1.03 bits per heavy atom. The van der Waals surface area contributed by atoms with E-state index >= 15 is 0 Å². The summed E-state index contributed by atoms with van der Waals surface area (Å²) < 4.78 is 0. The van der Waals surface area contributed by atoms with E-state index in [0.717, 1.165) is 5.56 Å². The first-order valence-electron chi connectivity index (χ1n) is 11.2. The molecule has 0 fully saturated rings. The molecule has 1 rings (SSSR count). The molecule has 0 bridgehead atoms. The van der Waals surface area contributed by atoms with E-state index in [0.29, 0.717) is 12.2 Å². The summed E-state index contributed by atoms with van der Waals surface area (Å²) in [6.45, 7) is 3.69. The zero-order chi connectivity index (χ0) is 25.7. The molecule has 5 atom stereocenters. The van der Waals surface area contributed by atoms with Crippen molar-refractivity contribution in [2.75, 3.05) is 17.8 Å². The Kier molecular flexibility index (Phi) is 13.7. The summed E-state index contributed by atoms with van der Waals surface area (Å²) in [5.41, 5.74) is 6.53. The molecule has 11 heteroatoms. The number of hydrogen-bond acceptors (Lipinski definition) is 7. The number of carbonyl (C=O) groups is 4. The average molecular weight is 513 g/mol. The standard InChI is InChI=1S/C23H36N4O5S2/c1-4-14(2)19(27-20(28)16(24)13-33)22(30)26-18(12-15-8-6-5-7-9-15)21(29)25-17(23(31)32)10-11-34-3/h5-9,14,16-19,33H,4,10-13,24H2,1-3H3,(H,25,29)(H,26,30)(H,27,28)(H,31,32)/t14-,16-,17-,18-,19-/m0/s1. The van der Waals surface area contributed by atoms with Gasteiger partial charge in [0.25, 0.3) is 0 Å². The van der Waals surface area contributed by atoms with Gasteiger partial charge in [0.05, 0.1) is 6.04 Å². The highest BCUT2D eigenvalue weighted by Crippen LogP contribution is 2.11. The molecular weight excluding hydrogens is 476 g/mol. The quantitative estimate of drug-likeness (QED) is 0.190. The van der Waals surface area contributed by atoms with Crippen LogP contribution < -0.4 is 21.7 Å². The molecule has 190 valence electrons. The first-order chi connectivity index (χ1) is 16.1. The number of carboxylic acid groups (broad SMARTS) is 1. The van der Waals surface area contributed by atoms with E-state index in [1.807, 2.05) is 50.4 Å². The molecule has 1 aromatic carbocycles. The maximum absolute atomic E-state index is 13.2. The largest absolute Gasteiger partial charge is 0.480 e. The Morgan fingerprint density at radius 3 is 2.18 bits per heavy atom. The first-order valence-corrected chi connectivity index (χ1v) is 13.2. The molecule has 34 heavy (non-hydrogen) atoms. The molecular formula is C23H36N4O5S2. The van der Waals surface area contributed by atoms with Crippen LogP contribution in [0.3, 0.4) is 0 Å². The van der Waals surface area contributed by atoms with Crippen LogP contribution in [-0.2, 0) is 25.6 Å². The fraction of sp³-hybridized carbons (Fsp3) is 0.565. The van der Waals surface area contributed by atoms with Crippen LogP contribution in [0.25, 0.3) is 0 Å². The molecule has 9 nitrogen and oxygen atoms in total. The molecule has 0 aliphatic heterocycles. The van der Waals surface area contributed by atoms with Crippen LogP contribution in [0.2, 0.25) is 0 Å². The normalized spacial score (nSPS) is 15.3. The zero-order valence-corrected chi connectivity index (χ0v) is 21.5. The van der Waals surface area contributed by atoms with Crippen molar-refractivity contribution in [3.63, 3.8) is 0 Å². The van der Waals surface area contributed by atoms with Gasteiger partial charge in [-0.25, -0.2) is 4.79 Å². The summed E-state index contributed by atoms with van der Waals surface area (Å²) in [6, 6.07) is 5.18. The number of rotatable bonds is 15.